The van der Waals surface area contributed by atoms with E-state index in [1.54, 1.807) is 26.4 Å². The zero-order valence-electron chi connectivity index (χ0n) is 8.77. The van der Waals surface area contributed by atoms with E-state index in [1.165, 1.54) is 0 Å². The zero-order chi connectivity index (χ0) is 10.8. The first-order valence-electron chi connectivity index (χ1n) is 4.68. The molecule has 1 heterocycles. The monoisotopic (exact) mass is 216 g/mol. The molecule has 1 aromatic heterocycles. The predicted molar refractivity (Wildman–Crippen MR) is 55.7 cm³/mol. The van der Waals surface area contributed by atoms with Crippen LogP contribution in [0.15, 0.2) is 12.5 Å². The first-order valence-corrected chi connectivity index (χ1v) is 6.39. The van der Waals surface area contributed by atoms with Crippen molar-refractivity contribution in [3.05, 3.63) is 18.2 Å². The van der Waals surface area contributed by atoms with Crippen LogP contribution < -0.4 is 0 Å². The number of hydrogen-bond donors (Lipinski definition) is 0. The van der Waals surface area contributed by atoms with Gasteiger partial charge in [-0.15, -0.1) is 0 Å². The molecule has 0 fully saturated rings. The van der Waals surface area contributed by atoms with E-state index in [0.29, 0.717) is 0 Å². The first kappa shape index (κ1) is 11.2. The molecule has 1 aromatic rings. The third kappa shape index (κ3) is 2.35. The molecule has 0 saturated heterocycles. The van der Waals surface area contributed by atoms with Gasteiger partial charge in [-0.25, -0.2) is 13.4 Å². The van der Waals surface area contributed by atoms with Crippen LogP contribution in [0.2, 0.25) is 0 Å². The number of rotatable bonds is 4. The number of nitrogens with zero attached hydrogens (tertiary/aromatic N) is 2. The van der Waals surface area contributed by atoms with E-state index in [2.05, 4.69) is 4.98 Å². The predicted octanol–water partition coefficient (Wildman–Crippen LogP) is 1.23. The molecule has 0 aliphatic heterocycles. The van der Waals surface area contributed by atoms with Gasteiger partial charge in [-0.3, -0.25) is 0 Å². The van der Waals surface area contributed by atoms with Crippen LogP contribution in [0.4, 0.5) is 0 Å². The zero-order valence-corrected chi connectivity index (χ0v) is 9.58. The summed E-state index contributed by atoms with van der Waals surface area (Å²) in [5, 5.41) is -0.331. The molecule has 4 nitrogen and oxygen atoms in total. The van der Waals surface area contributed by atoms with Gasteiger partial charge in [-0.1, -0.05) is 0 Å². The van der Waals surface area contributed by atoms with Gasteiger partial charge in [0, 0.05) is 12.7 Å². The topological polar surface area (TPSA) is 52.0 Å². The summed E-state index contributed by atoms with van der Waals surface area (Å²) in [5.41, 5.74) is 0.765. The standard InChI is InChI=1S/C9H16N2O2S/c1-4-11-7-10-5-9(11)6-14(12,13)8(2)3/h5,7-8H,4,6H2,1-3H3. The van der Waals surface area contributed by atoms with Crippen molar-refractivity contribution >= 4 is 9.84 Å². The highest BCUT2D eigenvalue weighted by Crippen LogP contribution is 2.10. The number of hydrogen-bond acceptors (Lipinski definition) is 3. The Labute approximate surface area is 84.9 Å². The van der Waals surface area contributed by atoms with Gasteiger partial charge in [0.25, 0.3) is 0 Å². The Kier molecular flexibility index (Phi) is 3.31. The summed E-state index contributed by atoms with van der Waals surface area (Å²) in [6, 6.07) is 0. The van der Waals surface area contributed by atoms with E-state index in [-0.39, 0.29) is 11.0 Å². The van der Waals surface area contributed by atoms with Gasteiger partial charge < -0.3 is 4.57 Å². The van der Waals surface area contributed by atoms with Gasteiger partial charge in [-0.2, -0.15) is 0 Å². The molecular weight excluding hydrogens is 200 g/mol. The highest BCUT2D eigenvalue weighted by molar-refractivity contribution is 7.91. The summed E-state index contributed by atoms with van der Waals surface area (Å²) >= 11 is 0. The summed E-state index contributed by atoms with van der Waals surface area (Å²) in [6.45, 7) is 6.11. The van der Waals surface area contributed by atoms with E-state index in [1.807, 2.05) is 11.5 Å². The minimum Gasteiger partial charge on any atom is -0.334 e. The van der Waals surface area contributed by atoms with Crippen LogP contribution in [0.1, 0.15) is 26.5 Å². The van der Waals surface area contributed by atoms with Crippen LogP contribution >= 0.6 is 0 Å². The van der Waals surface area contributed by atoms with E-state index in [4.69, 9.17) is 0 Å². The van der Waals surface area contributed by atoms with E-state index >= 15 is 0 Å². The maximum absolute atomic E-state index is 11.6. The van der Waals surface area contributed by atoms with Crippen LogP contribution in [-0.2, 0) is 22.1 Å². The molecule has 0 radical (unpaired) electrons. The third-order valence-electron chi connectivity index (χ3n) is 2.21. The fraction of sp³-hybridized carbons (Fsp3) is 0.667. The molecule has 0 bridgehead atoms. The van der Waals surface area contributed by atoms with E-state index in [0.717, 1.165) is 12.2 Å². The van der Waals surface area contributed by atoms with Crippen molar-refractivity contribution in [2.24, 2.45) is 0 Å². The number of aryl methyl sites for hydroxylation is 1. The largest absolute Gasteiger partial charge is 0.334 e. The van der Waals surface area contributed by atoms with Crippen molar-refractivity contribution in [1.82, 2.24) is 9.55 Å². The van der Waals surface area contributed by atoms with Gasteiger partial charge >= 0.3 is 0 Å². The summed E-state index contributed by atoms with van der Waals surface area (Å²) in [4.78, 5) is 3.93. The SMILES string of the molecule is CCn1cncc1CS(=O)(=O)C(C)C. The van der Waals surface area contributed by atoms with E-state index in [9.17, 15) is 8.42 Å². The van der Waals surface area contributed by atoms with Crippen LogP contribution in [0.25, 0.3) is 0 Å². The maximum atomic E-state index is 11.6. The molecule has 0 aliphatic carbocycles. The van der Waals surface area contributed by atoms with Crippen molar-refractivity contribution in [3.8, 4) is 0 Å². The molecule has 0 saturated carbocycles. The Hall–Kier alpha value is -0.840. The van der Waals surface area contributed by atoms with Gasteiger partial charge in [0.2, 0.25) is 0 Å². The summed E-state index contributed by atoms with van der Waals surface area (Å²) in [5.74, 6) is 0.0819. The second-order valence-electron chi connectivity index (χ2n) is 3.53. The normalized spacial score (nSPS) is 12.3. The Morgan fingerprint density at radius 1 is 1.50 bits per heavy atom. The molecule has 80 valence electrons. The minimum absolute atomic E-state index is 0.0819. The van der Waals surface area contributed by atoms with Crippen molar-refractivity contribution in [2.75, 3.05) is 0 Å². The highest BCUT2D eigenvalue weighted by atomic mass is 32.2. The molecule has 0 aliphatic rings. The van der Waals surface area contributed by atoms with Crippen LogP contribution in [0.5, 0.6) is 0 Å². The van der Waals surface area contributed by atoms with Gasteiger partial charge in [0.05, 0.1) is 23.0 Å². The maximum Gasteiger partial charge on any atom is 0.158 e. The van der Waals surface area contributed by atoms with Crippen molar-refractivity contribution in [1.29, 1.82) is 0 Å². The third-order valence-corrected chi connectivity index (χ3v) is 4.34. The molecule has 0 amide bonds. The summed E-state index contributed by atoms with van der Waals surface area (Å²) < 4.78 is 25.1. The molecule has 1 rings (SSSR count). The molecular formula is C9H16N2O2S. The second kappa shape index (κ2) is 4.13. The molecule has 0 spiro atoms. The highest BCUT2D eigenvalue weighted by Gasteiger charge is 2.18. The lowest BCUT2D eigenvalue weighted by molar-refractivity contribution is 0.583. The molecule has 0 aromatic carbocycles. The van der Waals surface area contributed by atoms with Gasteiger partial charge in [0.1, 0.15) is 0 Å². The average Bonchev–Trinajstić information content (AvgIpc) is 2.50. The second-order valence-corrected chi connectivity index (χ2v) is 6.08. The smallest absolute Gasteiger partial charge is 0.158 e. The Morgan fingerprint density at radius 2 is 2.14 bits per heavy atom. The fourth-order valence-corrected chi connectivity index (χ4v) is 2.11. The summed E-state index contributed by atoms with van der Waals surface area (Å²) in [7, 11) is -3.01. The average molecular weight is 216 g/mol. The van der Waals surface area contributed by atoms with Gasteiger partial charge in [-0.05, 0) is 20.8 Å². The Morgan fingerprint density at radius 3 is 2.64 bits per heavy atom. The molecule has 0 unspecified atom stereocenters. The fourth-order valence-electron chi connectivity index (χ4n) is 1.13. The number of aromatic nitrogens is 2. The lowest BCUT2D eigenvalue weighted by Crippen LogP contribution is -2.17. The van der Waals surface area contributed by atoms with Crippen LogP contribution in [0, 0.1) is 0 Å². The minimum atomic E-state index is -3.01. The molecule has 5 heteroatoms. The Balaban J connectivity index is 2.89. The van der Waals surface area contributed by atoms with E-state index < -0.39 is 9.84 Å². The van der Waals surface area contributed by atoms with Crippen molar-refractivity contribution in [3.63, 3.8) is 0 Å². The Bertz CT molecular complexity index is 393. The molecule has 0 N–H and O–H groups in total. The lowest BCUT2D eigenvalue weighted by atomic mass is 10.5. The summed E-state index contributed by atoms with van der Waals surface area (Å²) in [6.07, 6.45) is 3.27. The van der Waals surface area contributed by atoms with Crippen molar-refractivity contribution < 1.29 is 8.42 Å². The first-order chi connectivity index (χ1) is 6.47. The molecule has 14 heavy (non-hydrogen) atoms. The van der Waals surface area contributed by atoms with Crippen LogP contribution in [-0.4, -0.2) is 23.2 Å². The quantitative estimate of drug-likeness (QED) is 0.760. The van der Waals surface area contributed by atoms with Crippen LogP contribution in [0.3, 0.4) is 0 Å². The number of sulfone groups is 1. The molecule has 0 atom stereocenters. The van der Waals surface area contributed by atoms with Crippen molar-refractivity contribution in [2.45, 2.75) is 38.3 Å². The van der Waals surface area contributed by atoms with Gasteiger partial charge in [0.15, 0.2) is 9.84 Å². The number of imidazole rings is 1. The lowest BCUT2D eigenvalue weighted by Gasteiger charge is -2.08.